The highest BCUT2D eigenvalue weighted by atomic mass is 16.2. The zero-order valence-electron chi connectivity index (χ0n) is 12.9. The first-order valence-corrected chi connectivity index (χ1v) is 7.65. The largest absolute Gasteiger partial charge is 0.348 e. The Bertz CT molecular complexity index is 649. The summed E-state index contributed by atoms with van der Waals surface area (Å²) in [5, 5.41) is 14.4. The van der Waals surface area contributed by atoms with E-state index in [1.54, 1.807) is 10.9 Å². The number of hydrogen-bond donors (Lipinski definition) is 2. The van der Waals surface area contributed by atoms with Gasteiger partial charge in [0, 0.05) is 12.1 Å². The molecule has 6 heteroatoms. The molecule has 116 valence electrons. The van der Waals surface area contributed by atoms with Crippen molar-refractivity contribution >= 4 is 5.91 Å². The fourth-order valence-electron chi connectivity index (χ4n) is 2.71. The minimum absolute atomic E-state index is 0.155. The van der Waals surface area contributed by atoms with E-state index in [4.69, 9.17) is 0 Å². The molecule has 6 nitrogen and oxygen atoms in total. The Morgan fingerprint density at radius 3 is 2.86 bits per heavy atom. The number of hydrogen-bond acceptors (Lipinski definition) is 4. The molecular weight excluding hydrogens is 278 g/mol. The van der Waals surface area contributed by atoms with E-state index in [-0.39, 0.29) is 11.9 Å². The number of amides is 1. The number of rotatable bonds is 3. The summed E-state index contributed by atoms with van der Waals surface area (Å²) < 4.78 is 1.62. The molecule has 1 aliphatic rings. The summed E-state index contributed by atoms with van der Waals surface area (Å²) in [6, 6.07) is 8.57. The second kappa shape index (κ2) is 6.27. The Balaban J connectivity index is 1.67. The average Bonchev–Trinajstić information content (AvgIpc) is 2.98. The Hall–Kier alpha value is -2.21. The highest BCUT2D eigenvalue weighted by Gasteiger charge is 2.21. The molecule has 1 aliphatic heterocycles. The zero-order valence-corrected chi connectivity index (χ0v) is 12.9. The van der Waals surface area contributed by atoms with Gasteiger partial charge in [-0.15, -0.1) is 5.10 Å². The monoisotopic (exact) mass is 299 g/mol. The normalized spacial score (nSPS) is 21.5. The van der Waals surface area contributed by atoms with E-state index in [1.807, 2.05) is 31.2 Å². The van der Waals surface area contributed by atoms with Crippen molar-refractivity contribution in [1.82, 2.24) is 25.6 Å². The van der Waals surface area contributed by atoms with Crippen LogP contribution in [0.4, 0.5) is 0 Å². The summed E-state index contributed by atoms with van der Waals surface area (Å²) in [6.07, 6.45) is 3.56. The first kappa shape index (κ1) is 14.7. The molecule has 0 aliphatic carbocycles. The molecule has 1 fully saturated rings. The molecule has 0 bridgehead atoms. The summed E-state index contributed by atoms with van der Waals surface area (Å²) in [4.78, 5) is 12.3. The van der Waals surface area contributed by atoms with Gasteiger partial charge in [0.25, 0.3) is 5.91 Å². The Morgan fingerprint density at radius 1 is 1.36 bits per heavy atom. The molecule has 1 saturated heterocycles. The van der Waals surface area contributed by atoms with Gasteiger partial charge in [0.05, 0.1) is 11.9 Å². The highest BCUT2D eigenvalue weighted by Crippen LogP contribution is 2.11. The lowest BCUT2D eigenvalue weighted by Gasteiger charge is -2.28. The van der Waals surface area contributed by atoms with Crippen molar-refractivity contribution in [2.75, 3.05) is 6.54 Å². The molecule has 2 aromatic rings. The standard InChI is InChI=1S/C16H21N5O/c1-11-3-5-14(6-4-11)21-10-15(19-20-21)16(22)18-13-7-8-17-12(2)9-13/h3-6,10,12-13,17H,7-9H2,1-2H3,(H,18,22). The van der Waals surface area contributed by atoms with Gasteiger partial charge in [-0.25, -0.2) is 4.68 Å². The van der Waals surface area contributed by atoms with Crippen LogP contribution in [0.25, 0.3) is 5.69 Å². The van der Waals surface area contributed by atoms with Crippen molar-refractivity contribution in [1.29, 1.82) is 0 Å². The number of piperidine rings is 1. The summed E-state index contributed by atoms with van der Waals surface area (Å²) in [5.74, 6) is -0.155. The smallest absolute Gasteiger partial charge is 0.273 e. The summed E-state index contributed by atoms with van der Waals surface area (Å²) in [5.41, 5.74) is 2.43. The van der Waals surface area contributed by atoms with Crippen LogP contribution in [0.2, 0.25) is 0 Å². The number of aromatic nitrogens is 3. The third-order valence-electron chi connectivity index (χ3n) is 3.98. The predicted molar refractivity (Wildman–Crippen MR) is 84.0 cm³/mol. The Kier molecular flexibility index (Phi) is 4.20. The van der Waals surface area contributed by atoms with E-state index in [0.29, 0.717) is 11.7 Å². The minimum Gasteiger partial charge on any atom is -0.348 e. The van der Waals surface area contributed by atoms with Crippen molar-refractivity contribution in [3.8, 4) is 5.69 Å². The van der Waals surface area contributed by atoms with Gasteiger partial charge >= 0.3 is 0 Å². The second-order valence-corrected chi connectivity index (χ2v) is 5.93. The van der Waals surface area contributed by atoms with Crippen molar-refractivity contribution in [3.63, 3.8) is 0 Å². The van der Waals surface area contributed by atoms with Crippen LogP contribution in [0.5, 0.6) is 0 Å². The van der Waals surface area contributed by atoms with Gasteiger partial charge in [0.15, 0.2) is 5.69 Å². The van der Waals surface area contributed by atoms with E-state index < -0.39 is 0 Å². The second-order valence-electron chi connectivity index (χ2n) is 5.93. The lowest BCUT2D eigenvalue weighted by Crippen LogP contribution is -2.46. The number of carbonyl (C=O) groups is 1. The maximum absolute atomic E-state index is 12.3. The number of nitrogens with zero attached hydrogens (tertiary/aromatic N) is 3. The van der Waals surface area contributed by atoms with E-state index in [9.17, 15) is 4.79 Å². The quantitative estimate of drug-likeness (QED) is 0.900. The lowest BCUT2D eigenvalue weighted by molar-refractivity contribution is 0.0920. The first-order chi connectivity index (χ1) is 10.6. The molecule has 2 atom stereocenters. The van der Waals surface area contributed by atoms with Crippen molar-refractivity contribution in [3.05, 3.63) is 41.7 Å². The molecule has 22 heavy (non-hydrogen) atoms. The molecule has 3 rings (SSSR count). The van der Waals surface area contributed by atoms with Crippen LogP contribution < -0.4 is 10.6 Å². The van der Waals surface area contributed by atoms with Crippen LogP contribution >= 0.6 is 0 Å². The maximum atomic E-state index is 12.3. The van der Waals surface area contributed by atoms with Gasteiger partial charge < -0.3 is 10.6 Å². The van der Waals surface area contributed by atoms with E-state index >= 15 is 0 Å². The van der Waals surface area contributed by atoms with Gasteiger partial charge in [-0.1, -0.05) is 22.9 Å². The van der Waals surface area contributed by atoms with Crippen LogP contribution in [0.1, 0.15) is 35.8 Å². The Morgan fingerprint density at radius 2 is 2.14 bits per heavy atom. The van der Waals surface area contributed by atoms with E-state index in [2.05, 4.69) is 27.9 Å². The highest BCUT2D eigenvalue weighted by molar-refractivity contribution is 5.92. The fourth-order valence-corrected chi connectivity index (χ4v) is 2.71. The zero-order chi connectivity index (χ0) is 15.5. The topological polar surface area (TPSA) is 71.8 Å². The molecule has 0 saturated carbocycles. The third kappa shape index (κ3) is 3.33. The minimum atomic E-state index is -0.155. The molecule has 2 N–H and O–H groups in total. The molecule has 1 aromatic carbocycles. The van der Waals surface area contributed by atoms with Gasteiger partial charge in [-0.2, -0.15) is 0 Å². The fraction of sp³-hybridized carbons (Fsp3) is 0.438. The SMILES string of the molecule is Cc1ccc(-n2cc(C(=O)NC3CCNC(C)C3)nn2)cc1. The molecule has 2 unspecified atom stereocenters. The van der Waals surface area contributed by atoms with Gasteiger partial charge in [-0.3, -0.25) is 4.79 Å². The van der Waals surface area contributed by atoms with Crippen LogP contribution in [-0.4, -0.2) is 39.5 Å². The summed E-state index contributed by atoms with van der Waals surface area (Å²) in [7, 11) is 0. The van der Waals surface area contributed by atoms with Crippen molar-refractivity contribution in [2.24, 2.45) is 0 Å². The predicted octanol–water partition coefficient (Wildman–Crippen LogP) is 1.45. The van der Waals surface area contributed by atoms with Gasteiger partial charge in [0.1, 0.15) is 0 Å². The number of carbonyl (C=O) groups excluding carboxylic acids is 1. The van der Waals surface area contributed by atoms with Crippen LogP contribution in [-0.2, 0) is 0 Å². The lowest BCUT2D eigenvalue weighted by atomic mass is 10.0. The average molecular weight is 299 g/mol. The number of nitrogens with one attached hydrogen (secondary N) is 2. The first-order valence-electron chi connectivity index (χ1n) is 7.65. The maximum Gasteiger partial charge on any atom is 0.273 e. The number of benzene rings is 1. The molecule has 2 heterocycles. The van der Waals surface area contributed by atoms with Crippen molar-refractivity contribution in [2.45, 2.75) is 38.8 Å². The van der Waals surface area contributed by atoms with Gasteiger partial charge in [-0.05, 0) is 45.4 Å². The van der Waals surface area contributed by atoms with E-state index in [1.165, 1.54) is 5.56 Å². The summed E-state index contributed by atoms with van der Waals surface area (Å²) in [6.45, 7) is 5.10. The Labute approximate surface area is 129 Å². The van der Waals surface area contributed by atoms with E-state index in [0.717, 1.165) is 25.1 Å². The molecule has 0 radical (unpaired) electrons. The van der Waals surface area contributed by atoms with Crippen LogP contribution in [0, 0.1) is 6.92 Å². The third-order valence-corrected chi connectivity index (χ3v) is 3.98. The molecular formula is C16H21N5O. The molecule has 1 aromatic heterocycles. The number of aryl methyl sites for hydroxylation is 1. The van der Waals surface area contributed by atoms with Crippen molar-refractivity contribution < 1.29 is 4.79 Å². The van der Waals surface area contributed by atoms with Crippen LogP contribution in [0.3, 0.4) is 0 Å². The summed E-state index contributed by atoms with van der Waals surface area (Å²) >= 11 is 0. The van der Waals surface area contributed by atoms with Gasteiger partial charge in [0.2, 0.25) is 0 Å². The van der Waals surface area contributed by atoms with Crippen LogP contribution in [0.15, 0.2) is 30.5 Å². The molecule has 0 spiro atoms. The molecule has 1 amide bonds.